The minimum atomic E-state index is -3.54. The quantitative estimate of drug-likeness (QED) is 0.665. The second-order valence-corrected chi connectivity index (χ2v) is 7.17. The van der Waals surface area contributed by atoms with Crippen LogP contribution in [-0.4, -0.2) is 46.6 Å². The Morgan fingerprint density at radius 2 is 2.14 bits per heavy atom. The largest absolute Gasteiger partial charge is 0.447 e. The number of nitrogens with one attached hydrogen (secondary N) is 1. The van der Waals surface area contributed by atoms with Crippen LogP contribution in [0.1, 0.15) is 26.0 Å². The fourth-order valence-electron chi connectivity index (χ4n) is 1.80. The predicted molar refractivity (Wildman–Crippen MR) is 81.6 cm³/mol. The Kier molecular flexibility index (Phi) is 7.37. The highest BCUT2D eigenvalue weighted by Gasteiger charge is 2.25. The fraction of sp³-hybridized carbons (Fsp3) is 0.714. The third-order valence-corrected chi connectivity index (χ3v) is 5.05. The molecule has 21 heavy (non-hydrogen) atoms. The molecule has 1 aromatic heterocycles. The van der Waals surface area contributed by atoms with E-state index in [-0.39, 0.29) is 5.09 Å². The molecule has 1 aromatic rings. The van der Waals surface area contributed by atoms with Crippen molar-refractivity contribution in [1.29, 1.82) is 0 Å². The molecule has 1 heterocycles. The Hall–Kier alpha value is -0.890. The monoisotopic (exact) mass is 318 g/mol. The summed E-state index contributed by atoms with van der Waals surface area (Å²) in [5.41, 5.74) is 0. The lowest BCUT2D eigenvalue weighted by Gasteiger charge is -2.18. The molecule has 1 atom stereocenters. The van der Waals surface area contributed by atoms with Gasteiger partial charge in [0.1, 0.15) is 5.76 Å². The highest BCUT2D eigenvalue weighted by Crippen LogP contribution is 2.19. The molecule has 7 heteroatoms. The lowest BCUT2D eigenvalue weighted by atomic mass is 10.1. The van der Waals surface area contributed by atoms with Gasteiger partial charge in [-0.25, -0.2) is 8.42 Å². The first-order valence-corrected chi connectivity index (χ1v) is 8.60. The molecule has 1 unspecified atom stereocenters. The summed E-state index contributed by atoms with van der Waals surface area (Å²) in [5, 5.41) is 3.11. The van der Waals surface area contributed by atoms with Gasteiger partial charge in [0.2, 0.25) is 5.09 Å². The molecule has 0 aliphatic rings. The maximum absolute atomic E-state index is 12.4. The molecule has 0 radical (unpaired) electrons. The van der Waals surface area contributed by atoms with Crippen LogP contribution in [0.4, 0.5) is 0 Å². The molecular formula is C14H26N2O4S. The number of ether oxygens (including phenoxy) is 1. The Bertz CT molecular complexity index is 513. The van der Waals surface area contributed by atoms with Crippen molar-refractivity contribution in [1.82, 2.24) is 9.62 Å². The molecule has 1 N–H and O–H groups in total. The van der Waals surface area contributed by atoms with Crippen LogP contribution >= 0.6 is 0 Å². The first-order valence-electron chi connectivity index (χ1n) is 7.16. The second-order valence-electron chi connectivity index (χ2n) is 5.19. The zero-order valence-electron chi connectivity index (χ0n) is 13.3. The highest BCUT2D eigenvalue weighted by molar-refractivity contribution is 7.89. The SMILES string of the molecule is CCC(C)CN(C)S(=O)(=O)c1ccc(CNCCOC)o1. The molecule has 1 rings (SSSR count). The maximum atomic E-state index is 12.4. The highest BCUT2D eigenvalue weighted by atomic mass is 32.2. The van der Waals surface area contributed by atoms with Crippen molar-refractivity contribution in [2.24, 2.45) is 5.92 Å². The second kappa shape index (κ2) is 8.53. The smallest absolute Gasteiger partial charge is 0.276 e. The van der Waals surface area contributed by atoms with E-state index in [1.165, 1.54) is 10.4 Å². The topological polar surface area (TPSA) is 71.8 Å². The van der Waals surface area contributed by atoms with Crippen LogP contribution in [0.3, 0.4) is 0 Å². The van der Waals surface area contributed by atoms with Gasteiger partial charge < -0.3 is 14.5 Å². The van der Waals surface area contributed by atoms with Crippen LogP contribution in [0, 0.1) is 5.92 Å². The Labute approximate surface area is 127 Å². The van der Waals surface area contributed by atoms with E-state index in [0.717, 1.165) is 6.42 Å². The van der Waals surface area contributed by atoms with E-state index in [0.29, 0.717) is 37.9 Å². The van der Waals surface area contributed by atoms with E-state index in [2.05, 4.69) is 5.32 Å². The third kappa shape index (κ3) is 5.43. The van der Waals surface area contributed by atoms with Gasteiger partial charge in [-0.2, -0.15) is 4.31 Å². The van der Waals surface area contributed by atoms with Gasteiger partial charge in [0.25, 0.3) is 10.0 Å². The Morgan fingerprint density at radius 1 is 1.43 bits per heavy atom. The average Bonchev–Trinajstić information content (AvgIpc) is 2.92. The van der Waals surface area contributed by atoms with Crippen LogP contribution in [0.15, 0.2) is 21.6 Å². The van der Waals surface area contributed by atoms with E-state index < -0.39 is 10.0 Å². The zero-order chi connectivity index (χ0) is 15.9. The molecule has 0 fully saturated rings. The first kappa shape index (κ1) is 18.2. The van der Waals surface area contributed by atoms with Crippen molar-refractivity contribution in [3.05, 3.63) is 17.9 Å². The van der Waals surface area contributed by atoms with Gasteiger partial charge in [0.15, 0.2) is 0 Å². The molecule has 0 bridgehead atoms. The lowest BCUT2D eigenvalue weighted by Crippen LogP contribution is -2.30. The summed E-state index contributed by atoms with van der Waals surface area (Å²) < 4.78 is 36.4. The summed E-state index contributed by atoms with van der Waals surface area (Å²) in [4.78, 5) is 0. The standard InChI is InChI=1S/C14H26N2O4S/c1-5-12(2)11-16(3)21(17,18)14-7-6-13(20-14)10-15-8-9-19-4/h6-7,12,15H,5,8-11H2,1-4H3. The lowest BCUT2D eigenvalue weighted by molar-refractivity contribution is 0.198. The third-order valence-electron chi connectivity index (χ3n) is 3.35. The minimum absolute atomic E-state index is 0.00292. The average molecular weight is 318 g/mol. The van der Waals surface area contributed by atoms with Gasteiger partial charge in [-0.05, 0) is 18.1 Å². The first-order chi connectivity index (χ1) is 9.91. The number of nitrogens with zero attached hydrogens (tertiary/aromatic N) is 1. The number of furan rings is 1. The van der Waals surface area contributed by atoms with Gasteiger partial charge in [0, 0.05) is 27.2 Å². The molecule has 122 valence electrons. The van der Waals surface area contributed by atoms with Crippen molar-refractivity contribution in [3.8, 4) is 0 Å². The molecule has 0 aliphatic carbocycles. The molecule has 0 aliphatic heterocycles. The minimum Gasteiger partial charge on any atom is -0.447 e. The fourth-order valence-corrected chi connectivity index (χ4v) is 3.01. The van der Waals surface area contributed by atoms with Crippen molar-refractivity contribution in [2.75, 3.05) is 33.9 Å². The van der Waals surface area contributed by atoms with Crippen molar-refractivity contribution < 1.29 is 17.6 Å². The summed E-state index contributed by atoms with van der Waals surface area (Å²) >= 11 is 0. The van der Waals surface area contributed by atoms with Gasteiger partial charge in [-0.15, -0.1) is 0 Å². The predicted octanol–water partition coefficient (Wildman–Crippen LogP) is 1.68. The number of rotatable bonds is 10. The molecule has 0 saturated carbocycles. The molecular weight excluding hydrogens is 292 g/mol. The molecule has 0 spiro atoms. The van der Waals surface area contributed by atoms with Gasteiger partial charge in [-0.1, -0.05) is 20.3 Å². The van der Waals surface area contributed by atoms with Crippen molar-refractivity contribution >= 4 is 10.0 Å². The van der Waals surface area contributed by atoms with E-state index >= 15 is 0 Å². The van der Waals surface area contributed by atoms with Gasteiger partial charge in [0.05, 0.1) is 13.2 Å². The summed E-state index contributed by atoms with van der Waals surface area (Å²) in [5.74, 6) is 0.913. The zero-order valence-corrected chi connectivity index (χ0v) is 14.1. The van der Waals surface area contributed by atoms with E-state index in [1.807, 2.05) is 13.8 Å². The number of sulfonamides is 1. The van der Waals surface area contributed by atoms with Crippen LogP contribution in [0.2, 0.25) is 0 Å². The van der Waals surface area contributed by atoms with Crippen molar-refractivity contribution in [3.63, 3.8) is 0 Å². The van der Waals surface area contributed by atoms with Crippen molar-refractivity contribution in [2.45, 2.75) is 31.9 Å². The molecule has 0 saturated heterocycles. The van der Waals surface area contributed by atoms with Crippen LogP contribution < -0.4 is 5.32 Å². The van der Waals surface area contributed by atoms with E-state index in [9.17, 15) is 8.42 Å². The van der Waals surface area contributed by atoms with Crippen LogP contribution in [0.25, 0.3) is 0 Å². The summed E-state index contributed by atoms with van der Waals surface area (Å²) in [6, 6.07) is 3.19. The number of methoxy groups -OCH3 is 1. The molecule has 6 nitrogen and oxygen atoms in total. The summed E-state index contributed by atoms with van der Waals surface area (Å²) in [6.07, 6.45) is 0.937. The van der Waals surface area contributed by atoms with E-state index in [1.54, 1.807) is 20.2 Å². The van der Waals surface area contributed by atoms with Gasteiger partial charge in [-0.3, -0.25) is 0 Å². The normalized spacial score (nSPS) is 13.8. The van der Waals surface area contributed by atoms with Crippen LogP contribution in [-0.2, 0) is 21.3 Å². The maximum Gasteiger partial charge on any atom is 0.276 e. The Balaban J connectivity index is 2.65. The molecule has 0 amide bonds. The van der Waals surface area contributed by atoms with Crippen LogP contribution in [0.5, 0.6) is 0 Å². The Morgan fingerprint density at radius 3 is 2.76 bits per heavy atom. The van der Waals surface area contributed by atoms with E-state index in [4.69, 9.17) is 9.15 Å². The number of hydrogen-bond acceptors (Lipinski definition) is 5. The number of hydrogen-bond donors (Lipinski definition) is 1. The summed E-state index contributed by atoms with van der Waals surface area (Å²) in [6.45, 7) is 6.33. The summed E-state index contributed by atoms with van der Waals surface area (Å²) in [7, 11) is -0.329. The molecule has 0 aromatic carbocycles. The van der Waals surface area contributed by atoms with Gasteiger partial charge >= 0.3 is 0 Å².